The Morgan fingerprint density at radius 2 is 1.80 bits per heavy atom. The van der Waals surface area contributed by atoms with E-state index < -0.39 is 0 Å². The van der Waals surface area contributed by atoms with Crippen molar-refractivity contribution in [2.45, 2.75) is 6.54 Å². The number of para-hydroxylation sites is 1. The third kappa shape index (κ3) is 5.03. The highest BCUT2D eigenvalue weighted by Crippen LogP contribution is 2.21. The van der Waals surface area contributed by atoms with E-state index in [4.69, 9.17) is 4.74 Å². The van der Waals surface area contributed by atoms with Crippen LogP contribution < -0.4 is 10.2 Å². The predicted octanol–water partition coefficient (Wildman–Crippen LogP) is 3.58. The number of azo groups is 1. The van der Waals surface area contributed by atoms with Crippen molar-refractivity contribution in [1.29, 1.82) is 0 Å². The van der Waals surface area contributed by atoms with E-state index in [-0.39, 0.29) is 30.0 Å². The second-order valence-corrected chi connectivity index (χ2v) is 6.52. The normalized spacial score (nSPS) is 14.2. The van der Waals surface area contributed by atoms with Crippen molar-refractivity contribution in [3.63, 3.8) is 0 Å². The highest BCUT2D eigenvalue weighted by Gasteiger charge is 2.17. The first-order valence-electron chi connectivity index (χ1n) is 9.43. The number of benzene rings is 2. The van der Waals surface area contributed by atoms with Gasteiger partial charge in [-0.2, -0.15) is 20.1 Å². The molecule has 1 fully saturated rings. The molecular formula is C20H20FN7O2. The second-order valence-electron chi connectivity index (χ2n) is 6.52. The maximum Gasteiger partial charge on any atom is 0.275 e. The van der Waals surface area contributed by atoms with Crippen LogP contribution >= 0.6 is 0 Å². The van der Waals surface area contributed by atoms with Crippen LogP contribution in [0.15, 0.2) is 58.8 Å². The number of nitrogens with one attached hydrogen (secondary N) is 1. The molecule has 0 bridgehead atoms. The van der Waals surface area contributed by atoms with Gasteiger partial charge < -0.3 is 20.1 Å². The van der Waals surface area contributed by atoms with Crippen molar-refractivity contribution >= 4 is 23.5 Å². The summed E-state index contributed by atoms with van der Waals surface area (Å²) in [4.78, 5) is 15.1. The number of hydrogen-bond donors (Lipinski definition) is 2. The summed E-state index contributed by atoms with van der Waals surface area (Å²) in [5.41, 5.74) is 1.28. The SMILES string of the molecule is Oc1ccccc1CN=Nc1nc(Nc2ccc(F)cc2)nc(N2CCOCC2)n1. The molecule has 30 heavy (non-hydrogen) atoms. The van der Waals surface area contributed by atoms with E-state index in [1.165, 1.54) is 12.1 Å². The van der Waals surface area contributed by atoms with Gasteiger partial charge in [0.1, 0.15) is 11.6 Å². The number of anilines is 3. The molecule has 0 spiro atoms. The summed E-state index contributed by atoms with van der Waals surface area (Å²) in [6, 6.07) is 12.8. The van der Waals surface area contributed by atoms with Crippen molar-refractivity contribution < 1.29 is 14.2 Å². The summed E-state index contributed by atoms with van der Waals surface area (Å²) in [7, 11) is 0. The second kappa shape index (κ2) is 9.23. The number of nitrogens with zero attached hydrogens (tertiary/aromatic N) is 6. The first kappa shape index (κ1) is 19.6. The molecule has 9 nitrogen and oxygen atoms in total. The standard InChI is InChI=1S/C20H20FN7O2/c21-15-5-7-16(8-6-15)23-18-24-19(26-20(25-18)28-9-11-30-12-10-28)27-22-13-14-3-1-2-4-17(14)29/h1-8,29H,9-13H2,(H,23,24,25,26). The van der Waals surface area contributed by atoms with E-state index in [9.17, 15) is 9.50 Å². The molecule has 2 heterocycles. The molecule has 1 aliphatic heterocycles. The number of aromatic hydroxyl groups is 1. The summed E-state index contributed by atoms with van der Waals surface area (Å²) >= 11 is 0. The van der Waals surface area contributed by atoms with E-state index >= 15 is 0 Å². The van der Waals surface area contributed by atoms with Gasteiger partial charge in [0.2, 0.25) is 11.9 Å². The zero-order valence-electron chi connectivity index (χ0n) is 16.1. The molecule has 0 saturated carbocycles. The fourth-order valence-corrected chi connectivity index (χ4v) is 2.84. The van der Waals surface area contributed by atoms with Gasteiger partial charge in [0, 0.05) is 24.3 Å². The van der Waals surface area contributed by atoms with Gasteiger partial charge in [-0.3, -0.25) is 0 Å². The van der Waals surface area contributed by atoms with Gasteiger partial charge in [-0.05, 0) is 30.3 Å². The molecule has 1 aromatic heterocycles. The molecule has 1 saturated heterocycles. The quantitative estimate of drug-likeness (QED) is 0.599. The Balaban J connectivity index is 1.58. The summed E-state index contributed by atoms with van der Waals surface area (Å²) < 4.78 is 18.6. The first-order valence-corrected chi connectivity index (χ1v) is 9.43. The Morgan fingerprint density at radius 3 is 2.57 bits per heavy atom. The van der Waals surface area contributed by atoms with Crippen molar-refractivity contribution in [3.05, 3.63) is 59.9 Å². The lowest BCUT2D eigenvalue weighted by atomic mass is 10.2. The summed E-state index contributed by atoms with van der Waals surface area (Å²) in [6.07, 6.45) is 0. The fraction of sp³-hybridized carbons (Fsp3) is 0.250. The number of halogens is 1. The Morgan fingerprint density at radius 1 is 1.03 bits per heavy atom. The zero-order chi connectivity index (χ0) is 20.8. The van der Waals surface area contributed by atoms with Gasteiger partial charge in [0.25, 0.3) is 5.95 Å². The van der Waals surface area contributed by atoms with E-state index in [1.807, 2.05) is 11.0 Å². The number of morpholine rings is 1. The van der Waals surface area contributed by atoms with Crippen LogP contribution in [-0.4, -0.2) is 46.4 Å². The molecule has 2 aromatic carbocycles. The first-order chi connectivity index (χ1) is 14.7. The molecule has 0 radical (unpaired) electrons. The molecule has 4 rings (SSSR count). The third-order valence-electron chi connectivity index (χ3n) is 4.40. The Hall–Kier alpha value is -3.66. The van der Waals surface area contributed by atoms with Crippen molar-refractivity contribution in [1.82, 2.24) is 15.0 Å². The lowest BCUT2D eigenvalue weighted by Gasteiger charge is -2.26. The molecule has 2 N–H and O–H groups in total. The summed E-state index contributed by atoms with van der Waals surface area (Å²) in [6.45, 7) is 2.64. The average molecular weight is 409 g/mol. The van der Waals surface area contributed by atoms with E-state index in [2.05, 4.69) is 30.5 Å². The highest BCUT2D eigenvalue weighted by atomic mass is 19.1. The van der Waals surface area contributed by atoms with Gasteiger partial charge in [0.05, 0.1) is 19.8 Å². The zero-order valence-corrected chi connectivity index (χ0v) is 16.1. The Kier molecular flexibility index (Phi) is 6.04. The summed E-state index contributed by atoms with van der Waals surface area (Å²) in [5, 5.41) is 21.1. The van der Waals surface area contributed by atoms with Crippen LogP contribution in [0, 0.1) is 5.82 Å². The molecule has 3 aromatic rings. The monoisotopic (exact) mass is 409 g/mol. The van der Waals surface area contributed by atoms with Gasteiger partial charge in [0.15, 0.2) is 0 Å². The Labute approximate surface area is 172 Å². The average Bonchev–Trinajstić information content (AvgIpc) is 2.77. The van der Waals surface area contributed by atoms with Crippen LogP contribution in [-0.2, 0) is 11.3 Å². The molecular weight excluding hydrogens is 389 g/mol. The summed E-state index contributed by atoms with van der Waals surface area (Å²) in [5.74, 6) is 0.680. The predicted molar refractivity (Wildman–Crippen MR) is 109 cm³/mol. The van der Waals surface area contributed by atoms with Crippen LogP contribution in [0.5, 0.6) is 5.75 Å². The van der Waals surface area contributed by atoms with Crippen molar-refractivity contribution in [3.8, 4) is 5.75 Å². The van der Waals surface area contributed by atoms with Crippen molar-refractivity contribution in [2.24, 2.45) is 10.2 Å². The topological polar surface area (TPSA) is 108 Å². The number of rotatable bonds is 6. The maximum absolute atomic E-state index is 13.2. The minimum Gasteiger partial charge on any atom is -0.508 e. The van der Waals surface area contributed by atoms with Gasteiger partial charge >= 0.3 is 0 Å². The van der Waals surface area contributed by atoms with Crippen LogP contribution in [0.1, 0.15) is 5.56 Å². The minimum absolute atomic E-state index is 0.131. The minimum atomic E-state index is -0.330. The highest BCUT2D eigenvalue weighted by molar-refractivity contribution is 5.55. The van der Waals surface area contributed by atoms with Crippen LogP contribution in [0.25, 0.3) is 0 Å². The molecule has 10 heteroatoms. The van der Waals surface area contributed by atoms with Gasteiger partial charge in [-0.1, -0.05) is 18.2 Å². The molecule has 0 aliphatic carbocycles. The lowest BCUT2D eigenvalue weighted by molar-refractivity contribution is 0.122. The molecule has 154 valence electrons. The fourth-order valence-electron chi connectivity index (χ4n) is 2.84. The van der Waals surface area contributed by atoms with E-state index in [0.29, 0.717) is 43.5 Å². The molecule has 0 amide bonds. The van der Waals surface area contributed by atoms with Crippen LogP contribution in [0.3, 0.4) is 0 Å². The van der Waals surface area contributed by atoms with Gasteiger partial charge in [-0.25, -0.2) is 4.39 Å². The maximum atomic E-state index is 13.2. The number of phenolic OH excluding ortho intramolecular Hbond substituents is 1. The molecule has 0 atom stereocenters. The number of hydrogen-bond acceptors (Lipinski definition) is 9. The Bertz CT molecular complexity index is 1020. The number of aromatic nitrogens is 3. The number of ether oxygens (including phenoxy) is 1. The smallest absolute Gasteiger partial charge is 0.275 e. The largest absolute Gasteiger partial charge is 0.508 e. The van der Waals surface area contributed by atoms with Crippen LogP contribution in [0.2, 0.25) is 0 Å². The molecule has 1 aliphatic rings. The van der Waals surface area contributed by atoms with Crippen LogP contribution in [0.4, 0.5) is 27.9 Å². The van der Waals surface area contributed by atoms with E-state index in [0.717, 1.165) is 0 Å². The lowest BCUT2D eigenvalue weighted by Crippen LogP contribution is -2.37. The van der Waals surface area contributed by atoms with Gasteiger partial charge in [-0.15, -0.1) is 5.11 Å². The van der Waals surface area contributed by atoms with E-state index in [1.54, 1.807) is 30.3 Å². The molecule has 0 unspecified atom stereocenters. The number of phenols is 1. The van der Waals surface area contributed by atoms with Crippen molar-refractivity contribution in [2.75, 3.05) is 36.5 Å². The third-order valence-corrected chi connectivity index (χ3v) is 4.40.